The van der Waals surface area contributed by atoms with E-state index in [0.29, 0.717) is 17.2 Å². The number of carbonyl (C=O) groups excluding carboxylic acids is 1. The minimum absolute atomic E-state index is 0.147. The number of aromatic nitrogens is 4. The summed E-state index contributed by atoms with van der Waals surface area (Å²) in [6.45, 7) is 1.59. The lowest BCUT2D eigenvalue weighted by Gasteiger charge is -2.16. The van der Waals surface area contributed by atoms with E-state index < -0.39 is 0 Å². The van der Waals surface area contributed by atoms with E-state index in [-0.39, 0.29) is 11.9 Å². The van der Waals surface area contributed by atoms with Crippen LogP contribution in [0.5, 0.6) is 0 Å². The SMILES string of the molecule is CNC(=O)c1cc2cnc(N3CCC(N)C3)nc2n2c1nc1ccccc12. The number of nitrogens with zero attached hydrogens (tertiary/aromatic N) is 5. The second kappa shape index (κ2) is 5.88. The van der Waals surface area contributed by atoms with Crippen LogP contribution in [0.1, 0.15) is 16.8 Å². The molecule has 1 unspecified atom stereocenters. The first-order valence-electron chi connectivity index (χ1n) is 8.95. The van der Waals surface area contributed by atoms with Crippen molar-refractivity contribution in [3.05, 3.63) is 42.1 Å². The van der Waals surface area contributed by atoms with Gasteiger partial charge in [-0.3, -0.25) is 9.20 Å². The van der Waals surface area contributed by atoms with Crippen molar-refractivity contribution in [3.63, 3.8) is 0 Å². The molecule has 136 valence electrons. The molecule has 1 aliphatic rings. The molecule has 0 spiro atoms. The van der Waals surface area contributed by atoms with E-state index in [2.05, 4.69) is 20.2 Å². The van der Waals surface area contributed by atoms with Gasteiger partial charge in [0.25, 0.3) is 5.91 Å². The number of pyridine rings is 1. The molecule has 8 nitrogen and oxygen atoms in total. The number of anilines is 1. The molecular weight excluding hydrogens is 342 g/mol. The van der Waals surface area contributed by atoms with Crippen molar-refractivity contribution in [2.24, 2.45) is 5.73 Å². The van der Waals surface area contributed by atoms with E-state index in [1.54, 1.807) is 19.3 Å². The summed E-state index contributed by atoms with van der Waals surface area (Å²) in [6, 6.07) is 9.75. The fraction of sp³-hybridized carbons (Fsp3) is 0.263. The molecule has 3 aromatic heterocycles. The van der Waals surface area contributed by atoms with Crippen molar-refractivity contribution in [2.45, 2.75) is 12.5 Å². The molecule has 4 aromatic rings. The first kappa shape index (κ1) is 16.0. The lowest BCUT2D eigenvalue weighted by molar-refractivity contribution is 0.0964. The van der Waals surface area contributed by atoms with Gasteiger partial charge >= 0.3 is 0 Å². The minimum atomic E-state index is -0.188. The summed E-state index contributed by atoms with van der Waals surface area (Å²) in [7, 11) is 1.61. The highest BCUT2D eigenvalue weighted by atomic mass is 16.1. The highest BCUT2D eigenvalue weighted by Crippen LogP contribution is 2.26. The highest BCUT2D eigenvalue weighted by Gasteiger charge is 2.23. The number of fused-ring (bicyclic) bond motifs is 5. The van der Waals surface area contributed by atoms with Crippen molar-refractivity contribution in [1.82, 2.24) is 24.7 Å². The molecule has 1 aromatic carbocycles. The molecule has 0 aliphatic carbocycles. The summed E-state index contributed by atoms with van der Waals surface area (Å²) in [5, 5.41) is 3.48. The van der Waals surface area contributed by atoms with E-state index in [0.717, 1.165) is 41.6 Å². The van der Waals surface area contributed by atoms with Crippen LogP contribution >= 0.6 is 0 Å². The van der Waals surface area contributed by atoms with Gasteiger partial charge in [0.15, 0.2) is 11.3 Å². The van der Waals surface area contributed by atoms with Gasteiger partial charge in [-0.2, -0.15) is 4.98 Å². The molecule has 1 fully saturated rings. The monoisotopic (exact) mass is 361 g/mol. The Balaban J connectivity index is 1.84. The van der Waals surface area contributed by atoms with Crippen LogP contribution in [-0.2, 0) is 0 Å². The first-order chi connectivity index (χ1) is 13.2. The number of imidazole rings is 1. The van der Waals surface area contributed by atoms with E-state index in [4.69, 9.17) is 10.7 Å². The van der Waals surface area contributed by atoms with Gasteiger partial charge in [-0.25, -0.2) is 9.97 Å². The fourth-order valence-corrected chi connectivity index (χ4v) is 3.72. The summed E-state index contributed by atoms with van der Waals surface area (Å²) in [5.41, 5.74) is 9.58. The van der Waals surface area contributed by atoms with Gasteiger partial charge in [-0.1, -0.05) is 12.1 Å². The molecule has 0 saturated carbocycles. The summed E-state index contributed by atoms with van der Waals surface area (Å²) in [5.74, 6) is 0.467. The smallest absolute Gasteiger partial charge is 0.254 e. The Morgan fingerprint density at radius 1 is 1.26 bits per heavy atom. The summed E-state index contributed by atoms with van der Waals surface area (Å²) >= 11 is 0. The second-order valence-electron chi connectivity index (χ2n) is 6.84. The number of nitrogens with two attached hydrogens (primary N) is 1. The quantitative estimate of drug-likeness (QED) is 0.558. The molecule has 3 N–H and O–H groups in total. The average molecular weight is 361 g/mol. The maximum Gasteiger partial charge on any atom is 0.254 e. The van der Waals surface area contributed by atoms with E-state index in [1.807, 2.05) is 28.7 Å². The van der Waals surface area contributed by atoms with Crippen LogP contribution in [0.4, 0.5) is 5.95 Å². The third kappa shape index (κ3) is 2.41. The molecule has 4 heterocycles. The molecule has 27 heavy (non-hydrogen) atoms. The van der Waals surface area contributed by atoms with Gasteiger partial charge in [0.1, 0.15) is 0 Å². The normalized spacial score (nSPS) is 17.3. The second-order valence-corrected chi connectivity index (χ2v) is 6.84. The minimum Gasteiger partial charge on any atom is -0.355 e. The average Bonchev–Trinajstić information content (AvgIpc) is 3.30. The van der Waals surface area contributed by atoms with Gasteiger partial charge < -0.3 is 16.0 Å². The van der Waals surface area contributed by atoms with Gasteiger partial charge in [0, 0.05) is 37.8 Å². The first-order valence-corrected chi connectivity index (χ1v) is 8.95. The van der Waals surface area contributed by atoms with Crippen LogP contribution in [0.2, 0.25) is 0 Å². The standard InChI is InChI=1S/C19H19N7O/c1-21-18(27)13-8-11-9-22-19(25-7-6-12(20)10-25)24-16(11)26-15-5-3-2-4-14(15)23-17(13)26/h2-5,8-9,12H,6-7,10,20H2,1H3,(H,21,27). The van der Waals surface area contributed by atoms with Crippen molar-refractivity contribution in [1.29, 1.82) is 0 Å². The molecule has 1 amide bonds. The van der Waals surface area contributed by atoms with Gasteiger partial charge in [0.2, 0.25) is 5.95 Å². The van der Waals surface area contributed by atoms with E-state index >= 15 is 0 Å². The summed E-state index contributed by atoms with van der Waals surface area (Å²) in [4.78, 5) is 28.5. The largest absolute Gasteiger partial charge is 0.355 e. The fourth-order valence-electron chi connectivity index (χ4n) is 3.72. The number of rotatable bonds is 2. The number of amides is 1. The molecule has 0 radical (unpaired) electrons. The maximum absolute atomic E-state index is 12.4. The molecule has 1 saturated heterocycles. The van der Waals surface area contributed by atoms with Crippen LogP contribution < -0.4 is 16.0 Å². The van der Waals surface area contributed by atoms with Crippen LogP contribution in [0.25, 0.3) is 27.7 Å². The number of carbonyl (C=O) groups is 1. The lowest BCUT2D eigenvalue weighted by Crippen LogP contribution is -2.27. The van der Waals surface area contributed by atoms with Crippen molar-refractivity contribution in [3.8, 4) is 0 Å². The number of benzene rings is 1. The molecule has 8 heteroatoms. The summed E-state index contributed by atoms with van der Waals surface area (Å²) in [6.07, 6.45) is 2.70. The van der Waals surface area contributed by atoms with Gasteiger partial charge in [0.05, 0.1) is 16.6 Å². The molecule has 0 bridgehead atoms. The van der Waals surface area contributed by atoms with Gasteiger partial charge in [-0.15, -0.1) is 0 Å². The predicted molar refractivity (Wildman–Crippen MR) is 104 cm³/mol. The van der Waals surface area contributed by atoms with Crippen LogP contribution in [-0.4, -0.2) is 51.4 Å². The third-order valence-corrected chi connectivity index (χ3v) is 5.08. The van der Waals surface area contributed by atoms with Crippen LogP contribution in [0, 0.1) is 0 Å². The molecule has 1 aliphatic heterocycles. The molecular formula is C19H19N7O. The molecule has 5 rings (SSSR count). The number of para-hydroxylation sites is 2. The maximum atomic E-state index is 12.4. The van der Waals surface area contributed by atoms with Crippen molar-refractivity contribution in [2.75, 3.05) is 25.0 Å². The third-order valence-electron chi connectivity index (χ3n) is 5.08. The zero-order chi connectivity index (χ0) is 18.5. The number of hydrogen-bond acceptors (Lipinski definition) is 6. The highest BCUT2D eigenvalue weighted by molar-refractivity contribution is 6.05. The predicted octanol–water partition coefficient (Wildman–Crippen LogP) is 1.33. The zero-order valence-corrected chi connectivity index (χ0v) is 14.9. The zero-order valence-electron chi connectivity index (χ0n) is 14.9. The Morgan fingerprint density at radius 2 is 2.11 bits per heavy atom. The summed E-state index contributed by atoms with van der Waals surface area (Å²) < 4.78 is 1.94. The van der Waals surface area contributed by atoms with Gasteiger partial charge in [-0.05, 0) is 24.6 Å². The molecule has 1 atom stereocenters. The Kier molecular flexibility index (Phi) is 3.48. The number of nitrogens with one attached hydrogen (secondary N) is 1. The topological polar surface area (TPSA) is 101 Å². The Morgan fingerprint density at radius 3 is 2.89 bits per heavy atom. The lowest BCUT2D eigenvalue weighted by atomic mass is 10.2. The number of hydrogen-bond donors (Lipinski definition) is 2. The van der Waals surface area contributed by atoms with Crippen LogP contribution in [0.3, 0.4) is 0 Å². The van der Waals surface area contributed by atoms with E-state index in [1.165, 1.54) is 0 Å². The Hall–Kier alpha value is -3.26. The van der Waals surface area contributed by atoms with Crippen molar-refractivity contribution < 1.29 is 4.79 Å². The van der Waals surface area contributed by atoms with Crippen molar-refractivity contribution >= 4 is 39.6 Å². The Bertz CT molecular complexity index is 1200. The van der Waals surface area contributed by atoms with Crippen LogP contribution in [0.15, 0.2) is 36.5 Å². The van der Waals surface area contributed by atoms with E-state index in [9.17, 15) is 4.79 Å². The Labute approximate surface area is 155 Å².